The van der Waals surface area contributed by atoms with E-state index in [1.165, 1.54) is 11.0 Å². The third kappa shape index (κ3) is 2.82. The van der Waals surface area contributed by atoms with E-state index >= 15 is 0 Å². The number of carbonyl (C=O) groups excluding carboxylic acids is 1. The number of aryl methyl sites for hydroxylation is 3. The van der Waals surface area contributed by atoms with Gasteiger partial charge in [-0.3, -0.25) is 9.59 Å². The van der Waals surface area contributed by atoms with Crippen LogP contribution in [0.2, 0.25) is 0 Å². The van der Waals surface area contributed by atoms with Gasteiger partial charge in [0, 0.05) is 11.3 Å². The zero-order valence-corrected chi connectivity index (χ0v) is 14.0. The van der Waals surface area contributed by atoms with E-state index < -0.39 is 0 Å². The second-order valence-corrected chi connectivity index (χ2v) is 6.38. The van der Waals surface area contributed by atoms with Crippen LogP contribution in [0.5, 0.6) is 0 Å². The summed E-state index contributed by atoms with van der Waals surface area (Å²) in [6.45, 7) is 1.80. The number of para-hydroxylation sites is 1. The highest BCUT2D eigenvalue weighted by atomic mass is 16.2. The van der Waals surface area contributed by atoms with Crippen molar-refractivity contribution in [1.82, 2.24) is 19.4 Å². The minimum absolute atomic E-state index is 0.121. The Bertz CT molecular complexity index is 1020. The van der Waals surface area contributed by atoms with Gasteiger partial charge in [-0.05, 0) is 44.2 Å². The summed E-state index contributed by atoms with van der Waals surface area (Å²) in [4.78, 5) is 25.1. The van der Waals surface area contributed by atoms with Gasteiger partial charge in [0.15, 0.2) is 0 Å². The zero-order valence-electron chi connectivity index (χ0n) is 14.0. The molecule has 2 aromatic heterocycles. The van der Waals surface area contributed by atoms with Crippen LogP contribution < -0.4 is 10.9 Å². The van der Waals surface area contributed by atoms with Crippen LogP contribution in [-0.4, -0.2) is 25.3 Å². The first-order valence-corrected chi connectivity index (χ1v) is 8.45. The molecule has 0 radical (unpaired) electrons. The molecular weight excluding hydrogens is 318 g/mol. The van der Waals surface area contributed by atoms with Gasteiger partial charge >= 0.3 is 0 Å². The molecule has 0 fully saturated rings. The van der Waals surface area contributed by atoms with Crippen molar-refractivity contribution in [3.8, 4) is 0 Å². The SMILES string of the molecule is Cc1ccccc1NC(=O)Cn1ncn2nc3c(c2c1=O)CCCC3. The molecule has 0 saturated heterocycles. The van der Waals surface area contributed by atoms with Crippen LogP contribution in [0.4, 0.5) is 5.69 Å². The molecule has 0 unspecified atom stereocenters. The predicted molar refractivity (Wildman–Crippen MR) is 93.7 cm³/mol. The molecule has 4 rings (SSSR count). The number of hydrogen-bond donors (Lipinski definition) is 1. The van der Waals surface area contributed by atoms with Crippen LogP contribution in [0.1, 0.15) is 29.7 Å². The number of nitrogens with zero attached hydrogens (tertiary/aromatic N) is 4. The van der Waals surface area contributed by atoms with Crippen LogP contribution in [-0.2, 0) is 24.2 Å². The largest absolute Gasteiger partial charge is 0.324 e. The average Bonchev–Trinajstić information content (AvgIpc) is 2.99. The fraction of sp³-hybridized carbons (Fsp3) is 0.333. The van der Waals surface area contributed by atoms with Crippen LogP contribution in [0, 0.1) is 6.92 Å². The van der Waals surface area contributed by atoms with Crippen LogP contribution in [0.3, 0.4) is 0 Å². The standard InChI is InChI=1S/C18H19N5O2/c1-12-6-2-4-8-14(12)20-16(24)10-22-18(25)17-13-7-3-5-9-15(13)21-23(17)11-19-22/h2,4,6,8,11H,3,5,7,9-10H2,1H3,(H,20,24). The quantitative estimate of drug-likeness (QED) is 0.789. The lowest BCUT2D eigenvalue weighted by atomic mass is 9.97. The van der Waals surface area contributed by atoms with Crippen LogP contribution >= 0.6 is 0 Å². The summed E-state index contributed by atoms with van der Waals surface area (Å²) in [7, 11) is 0. The second kappa shape index (κ2) is 6.16. The van der Waals surface area contributed by atoms with Gasteiger partial charge in [0.1, 0.15) is 18.4 Å². The van der Waals surface area contributed by atoms with Gasteiger partial charge in [-0.2, -0.15) is 10.2 Å². The number of amides is 1. The molecule has 0 aliphatic heterocycles. The maximum Gasteiger partial charge on any atom is 0.293 e. The Labute approximate surface area is 144 Å². The fourth-order valence-corrected chi connectivity index (χ4v) is 3.32. The molecule has 2 heterocycles. The van der Waals surface area contributed by atoms with Crippen molar-refractivity contribution in [3.05, 3.63) is 57.8 Å². The lowest BCUT2D eigenvalue weighted by Gasteiger charge is -2.10. The molecule has 0 saturated carbocycles. The Kier molecular flexibility index (Phi) is 3.83. The molecule has 0 bridgehead atoms. The summed E-state index contributed by atoms with van der Waals surface area (Å²) in [6, 6.07) is 7.52. The predicted octanol–water partition coefficient (Wildman–Crippen LogP) is 1.72. The maximum absolute atomic E-state index is 12.8. The number of aromatic nitrogens is 4. The number of fused-ring (bicyclic) bond motifs is 3. The highest BCUT2D eigenvalue weighted by molar-refractivity contribution is 5.91. The Morgan fingerprint density at radius 3 is 2.88 bits per heavy atom. The van der Waals surface area contributed by atoms with E-state index in [4.69, 9.17) is 0 Å². The minimum atomic E-state index is -0.276. The molecule has 3 aromatic rings. The molecular formula is C18H19N5O2. The number of rotatable bonds is 3. The monoisotopic (exact) mass is 337 g/mol. The lowest BCUT2D eigenvalue weighted by molar-refractivity contribution is -0.117. The van der Waals surface area contributed by atoms with Crippen molar-refractivity contribution >= 4 is 17.1 Å². The van der Waals surface area contributed by atoms with E-state index in [1.54, 1.807) is 4.52 Å². The van der Waals surface area contributed by atoms with Crippen molar-refractivity contribution < 1.29 is 4.79 Å². The second-order valence-electron chi connectivity index (χ2n) is 6.38. The molecule has 1 aliphatic rings. The number of carbonyl (C=O) groups is 1. The van der Waals surface area contributed by atoms with Crippen molar-refractivity contribution in [2.75, 3.05) is 5.32 Å². The number of anilines is 1. The first-order chi connectivity index (χ1) is 12.1. The summed E-state index contributed by atoms with van der Waals surface area (Å²) in [5.74, 6) is -0.276. The minimum Gasteiger partial charge on any atom is -0.324 e. The van der Waals surface area contributed by atoms with Crippen molar-refractivity contribution in [1.29, 1.82) is 0 Å². The highest BCUT2D eigenvalue weighted by Gasteiger charge is 2.20. The van der Waals surface area contributed by atoms with Gasteiger partial charge in [-0.1, -0.05) is 18.2 Å². The number of hydrogen-bond acceptors (Lipinski definition) is 4. The third-order valence-electron chi connectivity index (χ3n) is 4.63. The van der Waals surface area contributed by atoms with Gasteiger partial charge in [0.05, 0.1) is 5.69 Å². The van der Waals surface area contributed by atoms with E-state index in [-0.39, 0.29) is 18.0 Å². The fourth-order valence-electron chi connectivity index (χ4n) is 3.32. The third-order valence-corrected chi connectivity index (χ3v) is 4.63. The van der Waals surface area contributed by atoms with Gasteiger partial charge in [0.2, 0.25) is 5.91 Å². The van der Waals surface area contributed by atoms with E-state index in [1.807, 2.05) is 31.2 Å². The summed E-state index contributed by atoms with van der Waals surface area (Å²) >= 11 is 0. The van der Waals surface area contributed by atoms with Crippen LogP contribution in [0.25, 0.3) is 5.52 Å². The number of benzene rings is 1. The van der Waals surface area contributed by atoms with Crippen molar-refractivity contribution in [2.24, 2.45) is 0 Å². The van der Waals surface area contributed by atoms with E-state index in [9.17, 15) is 9.59 Å². The molecule has 1 N–H and O–H groups in total. The first kappa shape index (κ1) is 15.6. The highest BCUT2D eigenvalue weighted by Crippen LogP contribution is 2.22. The Balaban J connectivity index is 1.63. The molecule has 0 spiro atoms. The van der Waals surface area contributed by atoms with E-state index in [2.05, 4.69) is 15.5 Å². The number of nitrogens with one attached hydrogen (secondary N) is 1. The van der Waals surface area contributed by atoms with Gasteiger partial charge in [-0.25, -0.2) is 9.20 Å². The van der Waals surface area contributed by atoms with Gasteiger partial charge in [-0.15, -0.1) is 0 Å². The summed E-state index contributed by atoms with van der Waals surface area (Å²) in [5, 5.41) is 11.4. The van der Waals surface area contributed by atoms with Gasteiger partial charge < -0.3 is 5.32 Å². The van der Waals surface area contributed by atoms with E-state index in [0.717, 1.165) is 48.2 Å². The summed E-state index contributed by atoms with van der Waals surface area (Å²) in [6.07, 6.45) is 5.41. The summed E-state index contributed by atoms with van der Waals surface area (Å²) in [5.41, 5.74) is 3.98. The van der Waals surface area contributed by atoms with Gasteiger partial charge in [0.25, 0.3) is 5.56 Å². The topological polar surface area (TPSA) is 81.3 Å². The first-order valence-electron chi connectivity index (χ1n) is 8.45. The Hall–Kier alpha value is -2.96. The molecule has 128 valence electrons. The van der Waals surface area contributed by atoms with Crippen molar-refractivity contribution in [3.63, 3.8) is 0 Å². The molecule has 1 aliphatic carbocycles. The molecule has 7 nitrogen and oxygen atoms in total. The maximum atomic E-state index is 12.8. The molecule has 1 amide bonds. The summed E-state index contributed by atoms with van der Waals surface area (Å²) < 4.78 is 2.76. The Morgan fingerprint density at radius 1 is 1.24 bits per heavy atom. The Morgan fingerprint density at radius 2 is 2.04 bits per heavy atom. The molecule has 7 heteroatoms. The van der Waals surface area contributed by atoms with Crippen molar-refractivity contribution in [2.45, 2.75) is 39.2 Å². The average molecular weight is 337 g/mol. The molecule has 1 aromatic carbocycles. The zero-order chi connectivity index (χ0) is 17.4. The normalized spacial score (nSPS) is 13.6. The molecule has 0 atom stereocenters. The van der Waals surface area contributed by atoms with E-state index in [0.29, 0.717) is 5.52 Å². The lowest BCUT2D eigenvalue weighted by Crippen LogP contribution is -2.31. The smallest absolute Gasteiger partial charge is 0.293 e. The van der Waals surface area contributed by atoms with Crippen LogP contribution in [0.15, 0.2) is 35.4 Å². The molecule has 25 heavy (non-hydrogen) atoms.